The number of hydrogen-bond donors (Lipinski definition) is 0. The second-order valence-electron chi connectivity index (χ2n) is 12.5. The number of hydrogen-bond acceptors (Lipinski definition) is 3. The lowest BCUT2D eigenvalue weighted by Gasteiger charge is -2.38. The Hall–Kier alpha value is -0.353. The molecular formula is C30H62O3Si. The number of rotatable bonds is 22. The fraction of sp³-hybridized carbons (Fsp3) is 0.967. The van der Waals surface area contributed by atoms with Crippen LogP contribution in [0.5, 0.6) is 0 Å². The molecule has 0 heterocycles. The molecule has 0 fully saturated rings. The maximum atomic E-state index is 12.2. The van der Waals surface area contributed by atoms with Crippen LogP contribution in [0.25, 0.3) is 0 Å². The minimum atomic E-state index is -1.96. The standard InChI is InChI=1S/C30H62O3Si/c1-27(2)25-23-21-19-17-15-13-11-9-10-12-14-16-18-20-22-24-26-28(29(31)32-6)33-34(7,8)30(3,4)5/h27-28H,9-26H2,1-8H3/t28-/m1/s1. The molecule has 0 amide bonds. The highest BCUT2D eigenvalue weighted by molar-refractivity contribution is 6.74. The van der Waals surface area contributed by atoms with E-state index in [9.17, 15) is 4.79 Å². The van der Waals surface area contributed by atoms with E-state index in [0.717, 1.165) is 18.8 Å². The molecule has 0 aromatic carbocycles. The van der Waals surface area contributed by atoms with Gasteiger partial charge in [-0.25, -0.2) is 4.79 Å². The summed E-state index contributed by atoms with van der Waals surface area (Å²) in [5.74, 6) is 0.671. The van der Waals surface area contributed by atoms with Crippen LogP contribution in [-0.4, -0.2) is 27.5 Å². The first-order valence-electron chi connectivity index (χ1n) is 14.8. The first kappa shape index (κ1) is 33.6. The lowest BCUT2D eigenvalue weighted by molar-refractivity contribution is -0.149. The van der Waals surface area contributed by atoms with Gasteiger partial charge in [0.05, 0.1) is 7.11 Å². The van der Waals surface area contributed by atoms with Gasteiger partial charge in [-0.2, -0.15) is 0 Å². The maximum Gasteiger partial charge on any atom is 0.333 e. The van der Waals surface area contributed by atoms with Gasteiger partial charge in [-0.3, -0.25) is 0 Å². The first-order valence-corrected chi connectivity index (χ1v) is 17.7. The average molecular weight is 499 g/mol. The predicted octanol–water partition coefficient (Wildman–Crippen LogP) is 10.2. The molecule has 3 nitrogen and oxygen atoms in total. The quantitative estimate of drug-likeness (QED) is 0.0845. The molecular weight excluding hydrogens is 436 g/mol. The Morgan fingerprint density at radius 2 is 0.971 bits per heavy atom. The summed E-state index contributed by atoms with van der Waals surface area (Å²) in [6, 6.07) is 0. The average Bonchev–Trinajstić information content (AvgIpc) is 2.75. The summed E-state index contributed by atoms with van der Waals surface area (Å²) < 4.78 is 11.4. The summed E-state index contributed by atoms with van der Waals surface area (Å²) in [7, 11) is -0.491. The van der Waals surface area contributed by atoms with Crippen molar-refractivity contribution >= 4 is 14.3 Å². The van der Waals surface area contributed by atoms with Crippen molar-refractivity contribution in [1.29, 1.82) is 0 Å². The molecule has 0 bridgehead atoms. The van der Waals surface area contributed by atoms with E-state index in [-0.39, 0.29) is 11.0 Å². The fourth-order valence-electron chi connectivity index (χ4n) is 4.25. The summed E-state index contributed by atoms with van der Waals surface area (Å²) in [6.45, 7) is 15.7. The highest BCUT2D eigenvalue weighted by Crippen LogP contribution is 2.38. The highest BCUT2D eigenvalue weighted by Gasteiger charge is 2.40. The molecule has 1 atom stereocenters. The summed E-state index contributed by atoms with van der Waals surface area (Å²) in [5, 5.41) is 0.103. The van der Waals surface area contributed by atoms with Gasteiger partial charge in [-0.15, -0.1) is 0 Å². The van der Waals surface area contributed by atoms with Crippen LogP contribution in [0.1, 0.15) is 150 Å². The molecule has 0 aliphatic heterocycles. The van der Waals surface area contributed by atoms with Gasteiger partial charge in [0.15, 0.2) is 8.32 Å². The molecule has 0 aromatic heterocycles. The minimum absolute atomic E-state index is 0.103. The van der Waals surface area contributed by atoms with Crippen molar-refractivity contribution < 1.29 is 14.0 Å². The number of methoxy groups -OCH3 is 1. The van der Waals surface area contributed by atoms with E-state index in [2.05, 4.69) is 47.7 Å². The zero-order valence-electron chi connectivity index (χ0n) is 24.6. The van der Waals surface area contributed by atoms with Gasteiger partial charge in [-0.1, -0.05) is 144 Å². The van der Waals surface area contributed by atoms with Crippen LogP contribution >= 0.6 is 0 Å². The van der Waals surface area contributed by atoms with Gasteiger partial charge in [0, 0.05) is 0 Å². The van der Waals surface area contributed by atoms with Crippen molar-refractivity contribution in [2.24, 2.45) is 5.92 Å². The third-order valence-electron chi connectivity index (χ3n) is 7.70. The largest absolute Gasteiger partial charge is 0.467 e. The Bertz CT molecular complexity index is 482. The van der Waals surface area contributed by atoms with Crippen molar-refractivity contribution in [1.82, 2.24) is 0 Å². The van der Waals surface area contributed by atoms with E-state index >= 15 is 0 Å². The molecule has 0 aliphatic rings. The number of ether oxygens (including phenoxy) is 1. The van der Waals surface area contributed by atoms with Crippen LogP contribution in [0.4, 0.5) is 0 Å². The number of carbonyl (C=O) groups excluding carboxylic acids is 1. The molecule has 204 valence electrons. The Morgan fingerprint density at radius 3 is 1.26 bits per heavy atom. The molecule has 0 aliphatic carbocycles. The smallest absolute Gasteiger partial charge is 0.333 e. The minimum Gasteiger partial charge on any atom is -0.467 e. The number of esters is 1. The summed E-state index contributed by atoms with van der Waals surface area (Å²) in [6.07, 6.45) is 23.7. The molecule has 0 saturated carbocycles. The topological polar surface area (TPSA) is 35.5 Å². The summed E-state index contributed by atoms with van der Waals surface area (Å²) in [4.78, 5) is 12.2. The van der Waals surface area contributed by atoms with Gasteiger partial charge in [0.25, 0.3) is 0 Å². The zero-order valence-corrected chi connectivity index (χ0v) is 25.6. The first-order chi connectivity index (χ1) is 16.0. The SMILES string of the molecule is COC(=O)[C@@H](CCCCCCCCCCCCCCCCCCC(C)C)O[Si](C)(C)C(C)(C)C. The highest BCUT2D eigenvalue weighted by atomic mass is 28.4. The Balaban J connectivity index is 3.62. The van der Waals surface area contributed by atoms with E-state index in [4.69, 9.17) is 9.16 Å². The molecule has 0 radical (unpaired) electrons. The van der Waals surface area contributed by atoms with Crippen molar-refractivity contribution in [2.45, 2.75) is 174 Å². The third-order valence-corrected chi connectivity index (χ3v) is 12.2. The van der Waals surface area contributed by atoms with Gasteiger partial charge < -0.3 is 9.16 Å². The van der Waals surface area contributed by atoms with Crippen LogP contribution in [-0.2, 0) is 14.0 Å². The van der Waals surface area contributed by atoms with Crippen LogP contribution < -0.4 is 0 Å². The molecule has 4 heteroatoms. The fourth-order valence-corrected chi connectivity index (χ4v) is 5.52. The van der Waals surface area contributed by atoms with E-state index in [1.807, 2.05) is 0 Å². The lowest BCUT2D eigenvalue weighted by Crippen LogP contribution is -2.46. The van der Waals surface area contributed by atoms with E-state index in [1.165, 1.54) is 110 Å². The van der Waals surface area contributed by atoms with E-state index in [1.54, 1.807) is 0 Å². The molecule has 0 N–H and O–H groups in total. The normalized spacial score (nSPS) is 13.4. The van der Waals surface area contributed by atoms with Gasteiger partial charge in [0.1, 0.15) is 6.10 Å². The molecule has 0 rings (SSSR count). The Kier molecular flexibility index (Phi) is 19.6. The van der Waals surface area contributed by atoms with Gasteiger partial charge in [-0.05, 0) is 30.5 Å². The van der Waals surface area contributed by atoms with Crippen molar-refractivity contribution in [3.05, 3.63) is 0 Å². The third kappa shape index (κ3) is 18.0. The maximum absolute atomic E-state index is 12.2. The Labute approximate surface area is 215 Å². The van der Waals surface area contributed by atoms with Crippen molar-refractivity contribution in [3.8, 4) is 0 Å². The summed E-state index contributed by atoms with van der Waals surface area (Å²) in [5.41, 5.74) is 0. The van der Waals surface area contributed by atoms with Gasteiger partial charge >= 0.3 is 5.97 Å². The predicted molar refractivity (Wildman–Crippen MR) is 152 cm³/mol. The second-order valence-corrected chi connectivity index (χ2v) is 17.3. The van der Waals surface area contributed by atoms with Gasteiger partial charge in [0.2, 0.25) is 0 Å². The van der Waals surface area contributed by atoms with Crippen LogP contribution in [0.15, 0.2) is 0 Å². The van der Waals surface area contributed by atoms with Crippen LogP contribution in [0.3, 0.4) is 0 Å². The molecule has 0 spiro atoms. The molecule has 0 saturated heterocycles. The van der Waals surface area contributed by atoms with E-state index in [0.29, 0.717) is 0 Å². The van der Waals surface area contributed by atoms with Crippen LogP contribution in [0, 0.1) is 5.92 Å². The molecule has 34 heavy (non-hydrogen) atoms. The van der Waals surface area contributed by atoms with Crippen molar-refractivity contribution in [2.75, 3.05) is 7.11 Å². The Morgan fingerprint density at radius 1 is 0.647 bits per heavy atom. The second kappa shape index (κ2) is 19.8. The number of unbranched alkanes of at least 4 members (excludes halogenated alkanes) is 15. The van der Waals surface area contributed by atoms with E-state index < -0.39 is 14.4 Å². The summed E-state index contributed by atoms with van der Waals surface area (Å²) >= 11 is 0. The zero-order chi connectivity index (χ0) is 25.9. The lowest BCUT2D eigenvalue weighted by atomic mass is 10.0. The number of carbonyl (C=O) groups is 1. The van der Waals surface area contributed by atoms with Crippen molar-refractivity contribution in [3.63, 3.8) is 0 Å². The monoisotopic (exact) mass is 498 g/mol. The molecule has 0 unspecified atom stereocenters. The molecule has 0 aromatic rings. The van der Waals surface area contributed by atoms with Crippen LogP contribution in [0.2, 0.25) is 18.1 Å².